The van der Waals surface area contributed by atoms with Crippen LogP contribution in [0.3, 0.4) is 0 Å². The first-order valence-corrected chi connectivity index (χ1v) is 4.10. The van der Waals surface area contributed by atoms with Crippen molar-refractivity contribution in [2.24, 2.45) is 0 Å². The Morgan fingerprint density at radius 1 is 1.25 bits per heavy atom. The van der Waals surface area contributed by atoms with Gasteiger partial charge in [-0.15, -0.1) is 0 Å². The average Bonchev–Trinajstić information content (AvgIpc) is 2.15. The summed E-state index contributed by atoms with van der Waals surface area (Å²) in [7, 11) is 0. The van der Waals surface area contributed by atoms with Crippen molar-refractivity contribution in [1.82, 2.24) is 0 Å². The SMILES string of the molecule is OCC(CCF)c1ccccc1. The van der Waals surface area contributed by atoms with Gasteiger partial charge in [-0.05, 0) is 12.0 Å². The number of halogens is 1. The average molecular weight is 168 g/mol. The van der Waals surface area contributed by atoms with Gasteiger partial charge in [0.2, 0.25) is 0 Å². The molecule has 1 rings (SSSR count). The lowest BCUT2D eigenvalue weighted by Crippen LogP contribution is -2.04. The molecule has 0 amide bonds. The van der Waals surface area contributed by atoms with E-state index in [9.17, 15) is 4.39 Å². The Balaban J connectivity index is 2.66. The van der Waals surface area contributed by atoms with Crippen molar-refractivity contribution in [2.45, 2.75) is 12.3 Å². The summed E-state index contributed by atoms with van der Waals surface area (Å²) >= 11 is 0. The molecule has 1 aromatic rings. The van der Waals surface area contributed by atoms with Crippen LogP contribution in [0.25, 0.3) is 0 Å². The van der Waals surface area contributed by atoms with Gasteiger partial charge in [-0.3, -0.25) is 4.39 Å². The molecule has 0 fully saturated rings. The zero-order valence-electron chi connectivity index (χ0n) is 6.91. The second-order valence-electron chi connectivity index (χ2n) is 2.77. The zero-order valence-corrected chi connectivity index (χ0v) is 6.91. The fourth-order valence-corrected chi connectivity index (χ4v) is 1.22. The predicted molar refractivity (Wildman–Crippen MR) is 46.9 cm³/mol. The molecule has 1 unspecified atom stereocenters. The van der Waals surface area contributed by atoms with E-state index in [2.05, 4.69) is 0 Å². The minimum Gasteiger partial charge on any atom is -0.396 e. The number of rotatable bonds is 4. The lowest BCUT2D eigenvalue weighted by atomic mass is 9.97. The molecule has 2 heteroatoms. The molecule has 0 heterocycles. The number of alkyl halides is 1. The maximum Gasteiger partial charge on any atom is 0.0901 e. The van der Waals surface area contributed by atoms with Crippen LogP contribution in [0, 0.1) is 0 Å². The van der Waals surface area contributed by atoms with E-state index in [0.717, 1.165) is 5.56 Å². The summed E-state index contributed by atoms with van der Waals surface area (Å²) in [6, 6.07) is 9.53. The van der Waals surface area contributed by atoms with Gasteiger partial charge in [-0.2, -0.15) is 0 Å². The standard InChI is InChI=1S/C10H13FO/c11-7-6-10(8-12)9-4-2-1-3-5-9/h1-5,10,12H,6-8H2. The van der Waals surface area contributed by atoms with Crippen molar-refractivity contribution in [2.75, 3.05) is 13.3 Å². The van der Waals surface area contributed by atoms with Crippen molar-refractivity contribution in [3.63, 3.8) is 0 Å². The first-order valence-electron chi connectivity index (χ1n) is 4.10. The molecule has 1 nitrogen and oxygen atoms in total. The second kappa shape index (κ2) is 4.88. The van der Waals surface area contributed by atoms with Gasteiger partial charge in [0.1, 0.15) is 0 Å². The molecular formula is C10H13FO. The molecule has 66 valence electrons. The number of aliphatic hydroxyl groups is 1. The van der Waals surface area contributed by atoms with Crippen molar-refractivity contribution < 1.29 is 9.50 Å². The summed E-state index contributed by atoms with van der Waals surface area (Å²) in [4.78, 5) is 0. The molecule has 0 aromatic heterocycles. The fourth-order valence-electron chi connectivity index (χ4n) is 1.22. The van der Waals surface area contributed by atoms with Gasteiger partial charge in [0.05, 0.1) is 13.3 Å². The van der Waals surface area contributed by atoms with Crippen LogP contribution in [0.1, 0.15) is 17.9 Å². The van der Waals surface area contributed by atoms with Crippen molar-refractivity contribution in [3.8, 4) is 0 Å². The third-order valence-corrected chi connectivity index (χ3v) is 1.95. The van der Waals surface area contributed by atoms with Gasteiger partial charge in [-0.25, -0.2) is 0 Å². The van der Waals surface area contributed by atoms with E-state index in [1.807, 2.05) is 30.3 Å². The highest BCUT2D eigenvalue weighted by Gasteiger charge is 2.08. The van der Waals surface area contributed by atoms with Crippen molar-refractivity contribution in [1.29, 1.82) is 0 Å². The van der Waals surface area contributed by atoms with E-state index in [0.29, 0.717) is 6.42 Å². The molecule has 0 saturated carbocycles. The van der Waals surface area contributed by atoms with Gasteiger partial charge >= 0.3 is 0 Å². The Kier molecular flexibility index (Phi) is 3.74. The summed E-state index contributed by atoms with van der Waals surface area (Å²) in [6.07, 6.45) is 0.403. The summed E-state index contributed by atoms with van der Waals surface area (Å²) in [6.45, 7) is -0.353. The van der Waals surface area contributed by atoms with Crippen LogP contribution in [-0.2, 0) is 0 Å². The molecule has 1 N–H and O–H groups in total. The van der Waals surface area contributed by atoms with Crippen molar-refractivity contribution >= 4 is 0 Å². The van der Waals surface area contributed by atoms with Gasteiger partial charge in [0.15, 0.2) is 0 Å². The Morgan fingerprint density at radius 3 is 2.42 bits per heavy atom. The second-order valence-corrected chi connectivity index (χ2v) is 2.77. The quantitative estimate of drug-likeness (QED) is 0.730. The molecule has 0 aliphatic heterocycles. The minimum absolute atomic E-state index is 0.0218. The van der Waals surface area contributed by atoms with Crippen molar-refractivity contribution in [3.05, 3.63) is 35.9 Å². The normalized spacial score (nSPS) is 12.8. The fraction of sp³-hybridized carbons (Fsp3) is 0.400. The molecule has 0 spiro atoms. The lowest BCUT2D eigenvalue weighted by molar-refractivity contribution is 0.250. The van der Waals surface area contributed by atoms with Crippen LogP contribution in [0.5, 0.6) is 0 Å². The van der Waals surface area contributed by atoms with E-state index in [1.165, 1.54) is 0 Å². The predicted octanol–water partition coefficient (Wildman–Crippen LogP) is 2.12. The van der Waals surface area contributed by atoms with Gasteiger partial charge in [0, 0.05) is 5.92 Å². The molecule has 1 aromatic carbocycles. The molecule has 0 aliphatic rings. The summed E-state index contributed by atoms with van der Waals surface area (Å²) < 4.78 is 12.0. The highest BCUT2D eigenvalue weighted by molar-refractivity contribution is 5.19. The maximum absolute atomic E-state index is 12.0. The number of benzene rings is 1. The Bertz CT molecular complexity index is 210. The summed E-state index contributed by atoms with van der Waals surface area (Å²) in [5, 5.41) is 8.94. The smallest absolute Gasteiger partial charge is 0.0901 e. The van der Waals surface area contributed by atoms with Gasteiger partial charge in [0.25, 0.3) is 0 Å². The van der Waals surface area contributed by atoms with Crippen LogP contribution in [0.15, 0.2) is 30.3 Å². The molecule has 0 bridgehead atoms. The number of hydrogen-bond acceptors (Lipinski definition) is 1. The van der Waals surface area contributed by atoms with Crippen LogP contribution in [0.4, 0.5) is 4.39 Å². The highest BCUT2D eigenvalue weighted by atomic mass is 19.1. The molecule has 1 atom stereocenters. The van der Waals surface area contributed by atoms with E-state index in [4.69, 9.17) is 5.11 Å². The Labute approximate surface area is 71.9 Å². The maximum atomic E-state index is 12.0. The lowest BCUT2D eigenvalue weighted by Gasteiger charge is -2.11. The van der Waals surface area contributed by atoms with E-state index >= 15 is 0 Å². The van der Waals surface area contributed by atoms with Crippen LogP contribution in [0.2, 0.25) is 0 Å². The molecule has 0 radical (unpaired) electrons. The van der Waals surface area contributed by atoms with Gasteiger partial charge < -0.3 is 5.11 Å². The van der Waals surface area contributed by atoms with E-state index < -0.39 is 0 Å². The molecule has 12 heavy (non-hydrogen) atoms. The number of aliphatic hydroxyl groups excluding tert-OH is 1. The van der Waals surface area contributed by atoms with Crippen LogP contribution < -0.4 is 0 Å². The largest absolute Gasteiger partial charge is 0.396 e. The number of hydrogen-bond donors (Lipinski definition) is 1. The minimum atomic E-state index is -0.375. The third-order valence-electron chi connectivity index (χ3n) is 1.95. The van der Waals surface area contributed by atoms with Gasteiger partial charge in [-0.1, -0.05) is 30.3 Å². The first kappa shape index (κ1) is 9.20. The molecular weight excluding hydrogens is 155 g/mol. The van der Waals surface area contributed by atoms with E-state index in [-0.39, 0.29) is 19.2 Å². The molecule has 0 saturated heterocycles. The zero-order chi connectivity index (χ0) is 8.81. The Hall–Kier alpha value is -0.890. The van der Waals surface area contributed by atoms with Crippen LogP contribution >= 0.6 is 0 Å². The molecule has 0 aliphatic carbocycles. The van der Waals surface area contributed by atoms with Crippen LogP contribution in [-0.4, -0.2) is 18.4 Å². The summed E-state index contributed by atoms with van der Waals surface area (Å²) in [5.41, 5.74) is 1.01. The Morgan fingerprint density at radius 2 is 1.92 bits per heavy atom. The summed E-state index contributed by atoms with van der Waals surface area (Å²) in [5.74, 6) is -0.0452. The van der Waals surface area contributed by atoms with E-state index in [1.54, 1.807) is 0 Å². The topological polar surface area (TPSA) is 20.2 Å². The first-order chi connectivity index (χ1) is 5.88. The monoisotopic (exact) mass is 168 g/mol. The highest BCUT2D eigenvalue weighted by Crippen LogP contribution is 2.18. The third kappa shape index (κ3) is 2.31.